The molecule has 15 fully saturated rings. The number of esters is 1. The second kappa shape index (κ2) is 28.0. The predicted molar refractivity (Wildman–Crippen MR) is 390 cm³/mol. The zero-order chi connectivity index (χ0) is 66.9. The zero-order valence-electron chi connectivity index (χ0n) is 62.6. The van der Waals surface area contributed by atoms with Crippen LogP contribution in [0.1, 0.15) is 314 Å². The first-order chi connectivity index (χ1) is 44.8. The van der Waals surface area contributed by atoms with Gasteiger partial charge in [0.2, 0.25) is 0 Å². The van der Waals surface area contributed by atoms with Crippen molar-refractivity contribution in [3.63, 3.8) is 0 Å². The molecule has 5 heteroatoms. The average molecular weight is 1290 g/mol. The number of aliphatic hydroxyl groups is 1. The van der Waals surface area contributed by atoms with Crippen LogP contribution in [0.2, 0.25) is 0 Å². The molecule has 94 heavy (non-hydrogen) atoms. The summed E-state index contributed by atoms with van der Waals surface area (Å²) in [5.74, 6) is 16.2. The van der Waals surface area contributed by atoms with Crippen molar-refractivity contribution < 1.29 is 24.2 Å². The first-order valence-electron chi connectivity index (χ1n) is 40.8. The van der Waals surface area contributed by atoms with Gasteiger partial charge in [-0.25, -0.2) is 0 Å². The van der Waals surface area contributed by atoms with Gasteiger partial charge in [-0.15, -0.1) is 13.2 Å². The summed E-state index contributed by atoms with van der Waals surface area (Å²) < 4.78 is 11.4. The molecule has 27 unspecified atom stereocenters. The monoisotopic (exact) mass is 1290 g/mol. The van der Waals surface area contributed by atoms with Crippen molar-refractivity contribution in [1.29, 1.82) is 0 Å². The smallest absolute Gasteiger partial charge is 0.305 e. The summed E-state index contributed by atoms with van der Waals surface area (Å²) in [5.41, 5.74) is 10.7. The minimum absolute atomic E-state index is 0.00516. The van der Waals surface area contributed by atoms with E-state index in [1.807, 2.05) is 12.5 Å². The Hall–Kier alpha value is -2.66. The van der Waals surface area contributed by atoms with Gasteiger partial charge in [0.1, 0.15) is 11.7 Å². The number of hydrogen-bond donors (Lipinski definition) is 1. The molecule has 0 aromatic heterocycles. The fourth-order valence-electron chi connectivity index (χ4n) is 28.8. The summed E-state index contributed by atoms with van der Waals surface area (Å²) >= 11 is 0. The van der Waals surface area contributed by atoms with Crippen LogP contribution in [0.5, 0.6) is 0 Å². The standard InChI is InChI=1S/C20H30O2.C17H26O2.C15H24O.C13H20.C13H22.C11H18/c1-4-19(21)22-14-9-15-13-8-18(16(15)10-14)20(3,11-13)17-7-5-6-12(17)2;1-4-12(2)8-16(3)10-17(19-11-18)9-15(16)13-6-5-7-14(13)17;1-15(11-5-3-2-4-6-11)10-9-12-13(15)7-8-14(12)16;1-3-13(2)8-9-7-12(13)11-6-4-5-10(9)11;1-9(2)13(4)8-10(3)11-6-5-7-12(11)13;1-3-11(2)8-7-9-5-4-6-10(9)11/h13-16,18H,4-11H2,1-3H3;8,11,13-15H,4-7,9-10H2,1-3H3;5,12-14,16H,2-4,6-10H2,1H3;3,9-12H,1,4-8H2,2H3;10-12H,1,5-8H2,2-4H3;3,9-10H,1,4-8H2,2H3/b;12-8-;;;;. The highest BCUT2D eigenvalue weighted by Crippen LogP contribution is 2.72. The van der Waals surface area contributed by atoms with E-state index in [1.54, 1.807) is 17.6 Å². The first-order valence-corrected chi connectivity index (χ1v) is 40.8. The number of rotatable bonds is 11. The van der Waals surface area contributed by atoms with Crippen LogP contribution in [0.3, 0.4) is 0 Å². The lowest BCUT2D eigenvalue weighted by Crippen LogP contribution is -2.42. The third-order valence-electron chi connectivity index (χ3n) is 33.7. The molecule has 17 aliphatic rings. The molecule has 0 heterocycles. The number of allylic oxidation sites excluding steroid dienone is 9. The lowest BCUT2D eigenvalue weighted by Gasteiger charge is -2.42. The maximum atomic E-state index is 11.6. The molecule has 15 saturated carbocycles. The molecular weight excluding hydrogens is 1150 g/mol. The number of aliphatic hydroxyl groups excluding tert-OH is 1. The Bertz CT molecular complexity index is 2830. The van der Waals surface area contributed by atoms with Crippen molar-refractivity contribution >= 4 is 12.4 Å². The van der Waals surface area contributed by atoms with Gasteiger partial charge >= 0.3 is 5.97 Å². The number of carbonyl (C=O) groups is 2. The largest absolute Gasteiger partial charge is 0.462 e. The molecule has 27 atom stereocenters. The Labute approximate surface area is 576 Å². The molecule has 6 bridgehead atoms. The molecular formula is C89H140O5. The third kappa shape index (κ3) is 12.8. The van der Waals surface area contributed by atoms with Crippen LogP contribution in [0.25, 0.3) is 0 Å². The molecule has 526 valence electrons. The number of carbonyl (C=O) groups excluding carboxylic acids is 2. The second-order valence-electron chi connectivity index (χ2n) is 38.2. The van der Waals surface area contributed by atoms with Crippen LogP contribution >= 0.6 is 0 Å². The summed E-state index contributed by atoms with van der Waals surface area (Å²) in [4.78, 5) is 22.6. The highest BCUT2D eigenvalue weighted by molar-refractivity contribution is 5.69. The quantitative estimate of drug-likeness (QED) is 0.127. The molecule has 0 radical (unpaired) electrons. The van der Waals surface area contributed by atoms with Gasteiger partial charge in [0, 0.05) is 12.3 Å². The van der Waals surface area contributed by atoms with Crippen LogP contribution in [0, 0.1) is 139 Å². The molecule has 0 aliphatic heterocycles. The molecule has 0 amide bonds. The van der Waals surface area contributed by atoms with E-state index < -0.39 is 0 Å². The van der Waals surface area contributed by atoms with Crippen molar-refractivity contribution in [3.05, 3.63) is 71.9 Å². The van der Waals surface area contributed by atoms with Crippen molar-refractivity contribution in [2.75, 3.05) is 0 Å². The minimum atomic E-state index is -0.132. The van der Waals surface area contributed by atoms with Gasteiger partial charge in [0.15, 0.2) is 0 Å². The van der Waals surface area contributed by atoms with Crippen LogP contribution < -0.4 is 0 Å². The first kappa shape index (κ1) is 71.2. The van der Waals surface area contributed by atoms with Crippen molar-refractivity contribution in [3.8, 4) is 0 Å². The van der Waals surface area contributed by atoms with E-state index >= 15 is 0 Å². The van der Waals surface area contributed by atoms with E-state index in [9.17, 15) is 14.7 Å². The molecule has 5 nitrogen and oxygen atoms in total. The van der Waals surface area contributed by atoms with Gasteiger partial charge < -0.3 is 14.6 Å². The van der Waals surface area contributed by atoms with Gasteiger partial charge in [-0.3, -0.25) is 9.59 Å². The Morgan fingerprint density at radius 1 is 0.574 bits per heavy atom. The maximum absolute atomic E-state index is 11.6. The fraction of sp³-hybridized carbons (Fsp3) is 0.843. The van der Waals surface area contributed by atoms with Gasteiger partial charge in [0.05, 0.1) is 6.10 Å². The fourth-order valence-corrected chi connectivity index (χ4v) is 28.8. The molecule has 0 aromatic rings. The van der Waals surface area contributed by atoms with Crippen molar-refractivity contribution in [2.45, 2.75) is 332 Å². The second-order valence-corrected chi connectivity index (χ2v) is 38.2. The number of ether oxygens (including phenoxy) is 2. The molecule has 0 saturated heterocycles. The van der Waals surface area contributed by atoms with Gasteiger partial charge in [-0.2, -0.15) is 0 Å². The van der Waals surface area contributed by atoms with Gasteiger partial charge in [-0.1, -0.05) is 153 Å². The van der Waals surface area contributed by atoms with Crippen LogP contribution in [-0.4, -0.2) is 35.4 Å². The minimum Gasteiger partial charge on any atom is -0.462 e. The Morgan fingerprint density at radius 3 is 1.95 bits per heavy atom. The SMILES string of the molecule is C=C(C)C1(C)CC(C)C2CCCC21.C=CC1(C)CC2CC1C1CCCC21.C=CC1(C)CCC2CCCC21.CC/C(C)=C\C1(C)CC2(OC=O)CC1C1CCCC12.CC1(C2=CCCCC2)CCC2C(O)CCC21.CCC(=O)OC1CC2C3CC(C2C1)C(C)(C1=C(C)CCC1)C3. The van der Waals surface area contributed by atoms with E-state index in [0.29, 0.717) is 51.8 Å². The Balaban J connectivity index is 0.000000110. The number of fused-ring (bicyclic) bond motifs is 18. The van der Waals surface area contributed by atoms with Crippen molar-refractivity contribution in [1.82, 2.24) is 0 Å². The summed E-state index contributed by atoms with van der Waals surface area (Å²) in [6.07, 6.45) is 57.5. The highest BCUT2D eigenvalue weighted by Gasteiger charge is 2.68. The lowest BCUT2D eigenvalue weighted by molar-refractivity contribution is -0.150. The molecule has 17 aliphatic carbocycles. The highest BCUT2D eigenvalue weighted by atomic mass is 16.5. The molecule has 17 rings (SSSR count). The van der Waals surface area contributed by atoms with E-state index in [1.165, 1.54) is 191 Å². The van der Waals surface area contributed by atoms with E-state index in [4.69, 9.17) is 9.47 Å². The van der Waals surface area contributed by atoms with Crippen LogP contribution in [0.15, 0.2) is 71.9 Å². The summed E-state index contributed by atoms with van der Waals surface area (Å²) in [6, 6.07) is 0. The zero-order valence-corrected chi connectivity index (χ0v) is 62.6. The van der Waals surface area contributed by atoms with Crippen LogP contribution in [0.4, 0.5) is 0 Å². The lowest BCUT2D eigenvalue weighted by atomic mass is 9.62. The van der Waals surface area contributed by atoms with E-state index in [0.717, 1.165) is 133 Å². The van der Waals surface area contributed by atoms with Crippen molar-refractivity contribution in [2.24, 2.45) is 139 Å². The van der Waals surface area contributed by atoms with Crippen LogP contribution in [-0.2, 0) is 19.1 Å². The van der Waals surface area contributed by atoms with Gasteiger partial charge in [-0.05, 0) is 346 Å². The molecule has 1 N–H and O–H groups in total. The van der Waals surface area contributed by atoms with E-state index in [2.05, 4.69) is 120 Å². The topological polar surface area (TPSA) is 72.8 Å². The summed E-state index contributed by atoms with van der Waals surface area (Å²) in [7, 11) is 0. The average Bonchev–Trinajstić information content (AvgIpc) is 1.55. The van der Waals surface area contributed by atoms with E-state index in [-0.39, 0.29) is 29.2 Å². The molecule has 0 spiro atoms. The predicted octanol–water partition coefficient (Wildman–Crippen LogP) is 23.7. The summed E-state index contributed by atoms with van der Waals surface area (Å²) in [6.45, 7) is 41.0. The Morgan fingerprint density at radius 2 is 1.26 bits per heavy atom. The number of hydrogen-bond acceptors (Lipinski definition) is 5. The summed E-state index contributed by atoms with van der Waals surface area (Å²) in [5, 5.41) is 10.0. The Kier molecular flexibility index (Phi) is 21.2. The maximum Gasteiger partial charge on any atom is 0.305 e. The normalized spacial score (nSPS) is 49.4. The third-order valence-corrected chi connectivity index (χ3v) is 33.7. The van der Waals surface area contributed by atoms with Gasteiger partial charge in [0.25, 0.3) is 6.47 Å². The molecule has 0 aromatic carbocycles.